The lowest BCUT2D eigenvalue weighted by atomic mass is 10.0. The maximum Gasteiger partial charge on any atom is 0.269 e. The molecule has 2 aromatic carbocycles. The summed E-state index contributed by atoms with van der Waals surface area (Å²) in [5.74, 6) is -0.269. The van der Waals surface area contributed by atoms with E-state index in [9.17, 15) is 21.2 Å². The molecule has 3 aromatic rings. The lowest BCUT2D eigenvalue weighted by Crippen LogP contribution is -2.52. The molecule has 0 saturated carbocycles. The van der Waals surface area contributed by atoms with Gasteiger partial charge in [-0.05, 0) is 56.2 Å². The Bertz CT molecular complexity index is 1640. The second-order valence-electron chi connectivity index (χ2n) is 9.16. The van der Waals surface area contributed by atoms with Crippen LogP contribution in [0, 0.1) is 5.82 Å². The van der Waals surface area contributed by atoms with Crippen LogP contribution in [0.25, 0.3) is 11.6 Å². The van der Waals surface area contributed by atoms with Crippen molar-refractivity contribution in [3.63, 3.8) is 0 Å². The number of hydrogen-bond donors (Lipinski definition) is 1. The number of nitrogens with zero attached hydrogens (tertiary/aromatic N) is 3. The third-order valence-corrected chi connectivity index (χ3v) is 9.44. The molecule has 2 atom stereocenters. The molecule has 0 saturated heterocycles. The van der Waals surface area contributed by atoms with Gasteiger partial charge in [0.05, 0.1) is 29.6 Å². The Morgan fingerprint density at radius 3 is 2.59 bits per heavy atom. The minimum atomic E-state index is -4.26. The summed E-state index contributed by atoms with van der Waals surface area (Å²) in [6.07, 6.45) is 3.17. The fraction of sp³-hybridized carbons (Fsp3) is 0.320. The summed E-state index contributed by atoms with van der Waals surface area (Å²) in [6.45, 7) is 5.27. The first-order chi connectivity index (χ1) is 18.2. The van der Waals surface area contributed by atoms with Crippen molar-refractivity contribution in [2.75, 3.05) is 17.1 Å². The highest BCUT2D eigenvalue weighted by Gasteiger charge is 2.39. The van der Waals surface area contributed by atoms with Gasteiger partial charge in [0.2, 0.25) is 10.0 Å². The number of hydrogen-bond acceptors (Lipinski definition) is 6. The molecule has 0 fully saturated rings. The molecule has 1 aromatic heterocycles. The average molecular weight is 618 g/mol. The first-order valence-electron chi connectivity index (χ1n) is 11.9. The number of aryl methyl sites for hydroxylation is 1. The monoisotopic (exact) mass is 616 g/mol. The van der Waals surface area contributed by atoms with Gasteiger partial charge in [0.1, 0.15) is 22.6 Å². The van der Waals surface area contributed by atoms with E-state index in [4.69, 9.17) is 27.9 Å². The standard InChI is InChI=1S/C25H27Cl2FN4O5S2/c1-5-31-14-23(25(27)29-31)39(35,36)32-13-22(16(3)30-38(4,33)34)37-21-10-9-17(12-20(21)32)11-15(2)24-18(26)7-6-8-19(24)28/h6-12,14,16,22,30H,5,13H2,1-4H3/t16-,22?/m1/s1. The Hall–Kier alpha value is -2.64. The quantitative estimate of drug-likeness (QED) is 0.364. The summed E-state index contributed by atoms with van der Waals surface area (Å²) < 4.78 is 77.0. The van der Waals surface area contributed by atoms with Crippen molar-refractivity contribution in [2.24, 2.45) is 0 Å². The van der Waals surface area contributed by atoms with Crippen LogP contribution in [0.1, 0.15) is 31.9 Å². The van der Waals surface area contributed by atoms with Gasteiger partial charge in [0.25, 0.3) is 10.0 Å². The van der Waals surface area contributed by atoms with Gasteiger partial charge < -0.3 is 4.74 Å². The molecular weight excluding hydrogens is 590 g/mol. The molecular formula is C25H27Cl2FN4O5S2. The predicted octanol–water partition coefficient (Wildman–Crippen LogP) is 4.80. The fourth-order valence-electron chi connectivity index (χ4n) is 4.31. The molecule has 14 heteroatoms. The number of ether oxygens (including phenoxy) is 1. The van der Waals surface area contributed by atoms with Crippen molar-refractivity contribution in [1.29, 1.82) is 0 Å². The van der Waals surface area contributed by atoms with E-state index in [-0.39, 0.29) is 38.6 Å². The van der Waals surface area contributed by atoms with Gasteiger partial charge in [-0.3, -0.25) is 8.99 Å². The Labute approximate surface area is 237 Å². The number of benzene rings is 2. The van der Waals surface area contributed by atoms with Crippen molar-refractivity contribution < 1.29 is 26.0 Å². The minimum absolute atomic E-state index is 0.190. The van der Waals surface area contributed by atoms with Crippen LogP contribution in [0.3, 0.4) is 0 Å². The molecule has 39 heavy (non-hydrogen) atoms. The van der Waals surface area contributed by atoms with Crippen molar-refractivity contribution in [1.82, 2.24) is 14.5 Å². The smallest absolute Gasteiger partial charge is 0.269 e. The molecule has 1 aliphatic heterocycles. The van der Waals surface area contributed by atoms with Gasteiger partial charge in [0, 0.05) is 18.3 Å². The van der Waals surface area contributed by atoms with Gasteiger partial charge in [-0.15, -0.1) is 0 Å². The average Bonchev–Trinajstić information content (AvgIpc) is 3.23. The molecule has 0 bridgehead atoms. The molecule has 0 aliphatic carbocycles. The third kappa shape index (κ3) is 6.25. The molecule has 210 valence electrons. The minimum Gasteiger partial charge on any atom is -0.485 e. The van der Waals surface area contributed by atoms with Crippen LogP contribution in [0.2, 0.25) is 10.2 Å². The normalized spacial score (nSPS) is 17.1. The molecule has 1 aliphatic rings. The molecule has 2 heterocycles. The highest BCUT2D eigenvalue weighted by Crippen LogP contribution is 2.40. The lowest BCUT2D eigenvalue weighted by Gasteiger charge is -2.37. The molecule has 9 nitrogen and oxygen atoms in total. The molecule has 4 rings (SSSR count). The zero-order valence-corrected chi connectivity index (χ0v) is 24.7. The summed E-state index contributed by atoms with van der Waals surface area (Å²) in [5.41, 5.74) is 1.53. The van der Waals surface area contributed by atoms with Crippen molar-refractivity contribution in [2.45, 2.75) is 44.4 Å². The Balaban J connectivity index is 1.82. The number of sulfonamides is 2. The number of aromatic nitrogens is 2. The SMILES string of the molecule is CCn1cc(S(=O)(=O)N2CC([C@@H](C)NS(C)(=O)=O)Oc3ccc(C=C(C)c4c(F)cccc4Cl)cc32)c(Cl)n1. The molecule has 0 spiro atoms. The molecule has 0 radical (unpaired) electrons. The van der Waals surface area contributed by atoms with Crippen LogP contribution in [-0.2, 0) is 26.6 Å². The Morgan fingerprint density at radius 2 is 1.97 bits per heavy atom. The predicted molar refractivity (Wildman–Crippen MR) is 151 cm³/mol. The topological polar surface area (TPSA) is 111 Å². The van der Waals surface area contributed by atoms with E-state index in [0.717, 1.165) is 10.6 Å². The van der Waals surface area contributed by atoms with Crippen LogP contribution in [-0.4, -0.2) is 51.6 Å². The van der Waals surface area contributed by atoms with Gasteiger partial charge in [0.15, 0.2) is 5.15 Å². The lowest BCUT2D eigenvalue weighted by molar-refractivity contribution is 0.169. The van der Waals surface area contributed by atoms with Crippen LogP contribution in [0.5, 0.6) is 5.75 Å². The second-order valence-corrected chi connectivity index (χ2v) is 13.5. The number of halogens is 3. The van der Waals surface area contributed by atoms with Crippen LogP contribution in [0.15, 0.2) is 47.5 Å². The summed E-state index contributed by atoms with van der Waals surface area (Å²) in [4.78, 5) is -0.198. The molecule has 1 N–H and O–H groups in total. The first-order valence-corrected chi connectivity index (χ1v) is 16.0. The molecule has 0 amide bonds. The maximum atomic E-state index is 14.5. The first kappa shape index (κ1) is 29.3. The van der Waals surface area contributed by atoms with Crippen molar-refractivity contribution in [3.8, 4) is 5.75 Å². The largest absolute Gasteiger partial charge is 0.485 e. The number of fused-ring (bicyclic) bond motifs is 1. The third-order valence-electron chi connectivity index (χ3n) is 6.15. The summed E-state index contributed by atoms with van der Waals surface area (Å²) in [6, 6.07) is 8.49. The van der Waals surface area contributed by atoms with Crippen molar-refractivity contribution in [3.05, 3.63) is 69.7 Å². The Kier molecular flexibility index (Phi) is 8.34. The van der Waals surface area contributed by atoms with Crippen LogP contribution < -0.4 is 13.8 Å². The van der Waals surface area contributed by atoms with Crippen molar-refractivity contribution >= 4 is 60.6 Å². The zero-order valence-electron chi connectivity index (χ0n) is 21.5. The van der Waals surface area contributed by atoms with Crippen LogP contribution >= 0.6 is 23.2 Å². The van der Waals surface area contributed by atoms with E-state index >= 15 is 0 Å². The fourth-order valence-corrected chi connectivity index (χ4v) is 7.38. The highest BCUT2D eigenvalue weighted by atomic mass is 35.5. The van der Waals surface area contributed by atoms with Gasteiger partial charge in [-0.1, -0.05) is 41.4 Å². The van der Waals surface area contributed by atoms with E-state index in [1.807, 2.05) is 0 Å². The number of rotatable bonds is 8. The summed E-state index contributed by atoms with van der Waals surface area (Å²) in [7, 11) is -7.85. The summed E-state index contributed by atoms with van der Waals surface area (Å²) >= 11 is 12.4. The maximum absolute atomic E-state index is 14.5. The van der Waals surface area contributed by atoms with E-state index in [0.29, 0.717) is 17.7 Å². The van der Waals surface area contributed by atoms with E-state index in [1.54, 1.807) is 51.1 Å². The second kappa shape index (κ2) is 11.1. The van der Waals surface area contributed by atoms with Gasteiger partial charge in [-0.2, -0.15) is 5.10 Å². The number of nitrogens with one attached hydrogen (secondary N) is 1. The molecule has 1 unspecified atom stereocenters. The van der Waals surface area contributed by atoms with Gasteiger partial charge >= 0.3 is 0 Å². The van der Waals surface area contributed by atoms with E-state index in [1.165, 1.54) is 23.0 Å². The number of anilines is 1. The number of allylic oxidation sites excluding steroid dienone is 1. The highest BCUT2D eigenvalue weighted by molar-refractivity contribution is 7.93. The zero-order chi connectivity index (χ0) is 28.7. The Morgan fingerprint density at radius 1 is 1.26 bits per heavy atom. The van der Waals surface area contributed by atoms with Crippen LogP contribution in [0.4, 0.5) is 10.1 Å². The van der Waals surface area contributed by atoms with E-state index < -0.39 is 38.0 Å². The van der Waals surface area contributed by atoms with E-state index in [2.05, 4.69) is 9.82 Å². The van der Waals surface area contributed by atoms with Gasteiger partial charge in [-0.25, -0.2) is 25.9 Å². The summed E-state index contributed by atoms with van der Waals surface area (Å²) in [5, 5.41) is 4.10.